The molecule has 0 bridgehead atoms. The largest absolute Gasteiger partial charge is 0.491 e. The van der Waals surface area contributed by atoms with E-state index in [0.29, 0.717) is 18.1 Å². The lowest BCUT2D eigenvalue weighted by molar-refractivity contribution is 0.263. The summed E-state index contributed by atoms with van der Waals surface area (Å²) < 4.78 is 10.8. The number of hydrogen-bond donors (Lipinski definition) is 0. The summed E-state index contributed by atoms with van der Waals surface area (Å²) in [4.78, 5) is 0. The molecule has 1 saturated heterocycles. The SMILES string of the molecule is CC1(C)CCc2cc(OC[C@@H]3CO3)ccc21. The van der Waals surface area contributed by atoms with Crippen molar-refractivity contribution >= 4 is 0 Å². The summed E-state index contributed by atoms with van der Waals surface area (Å²) in [6.45, 7) is 6.19. The van der Waals surface area contributed by atoms with Gasteiger partial charge in [-0.15, -0.1) is 0 Å². The van der Waals surface area contributed by atoms with Crippen LogP contribution >= 0.6 is 0 Å². The molecule has 2 aliphatic rings. The molecule has 1 aliphatic heterocycles. The Bertz CT molecular complexity index is 405. The Hall–Kier alpha value is -1.02. The van der Waals surface area contributed by atoms with E-state index in [0.717, 1.165) is 12.4 Å². The third kappa shape index (κ3) is 1.82. The van der Waals surface area contributed by atoms with E-state index in [1.165, 1.54) is 24.0 Å². The van der Waals surface area contributed by atoms with Crippen LogP contribution in [0.2, 0.25) is 0 Å². The molecule has 0 N–H and O–H groups in total. The normalized spacial score (nSPS) is 25.2. The summed E-state index contributed by atoms with van der Waals surface area (Å²) in [7, 11) is 0. The molecule has 1 heterocycles. The molecule has 0 unspecified atom stereocenters. The van der Waals surface area contributed by atoms with Crippen LogP contribution in [0.5, 0.6) is 5.75 Å². The standard InChI is InChI=1S/C14H18O2/c1-14(2)6-5-10-7-11(3-4-13(10)14)15-8-12-9-16-12/h3-4,7,12H,5-6,8-9H2,1-2H3/t12-/m1/s1. The fourth-order valence-corrected chi connectivity index (χ4v) is 2.46. The minimum absolute atomic E-state index is 0.338. The fraction of sp³-hybridized carbons (Fsp3) is 0.571. The van der Waals surface area contributed by atoms with Gasteiger partial charge >= 0.3 is 0 Å². The van der Waals surface area contributed by atoms with Crippen molar-refractivity contribution in [1.82, 2.24) is 0 Å². The Balaban J connectivity index is 1.77. The van der Waals surface area contributed by atoms with Crippen LogP contribution in [0, 0.1) is 0 Å². The van der Waals surface area contributed by atoms with E-state index in [-0.39, 0.29) is 0 Å². The topological polar surface area (TPSA) is 21.8 Å². The van der Waals surface area contributed by atoms with Gasteiger partial charge in [-0.3, -0.25) is 0 Å². The molecule has 1 aromatic rings. The van der Waals surface area contributed by atoms with Gasteiger partial charge in [-0.2, -0.15) is 0 Å². The van der Waals surface area contributed by atoms with Crippen molar-refractivity contribution in [2.24, 2.45) is 0 Å². The quantitative estimate of drug-likeness (QED) is 0.728. The van der Waals surface area contributed by atoms with Crippen LogP contribution in [0.3, 0.4) is 0 Å². The van der Waals surface area contributed by atoms with Gasteiger partial charge in [0.1, 0.15) is 18.5 Å². The van der Waals surface area contributed by atoms with Gasteiger partial charge in [0.05, 0.1) is 6.61 Å². The summed E-state index contributed by atoms with van der Waals surface area (Å²) >= 11 is 0. The van der Waals surface area contributed by atoms with E-state index >= 15 is 0 Å². The van der Waals surface area contributed by atoms with E-state index < -0.39 is 0 Å². The van der Waals surface area contributed by atoms with Crippen molar-refractivity contribution in [3.05, 3.63) is 29.3 Å². The van der Waals surface area contributed by atoms with Gasteiger partial charge in [-0.05, 0) is 41.5 Å². The first-order chi connectivity index (χ1) is 7.65. The molecule has 0 spiro atoms. The third-order valence-electron chi connectivity index (χ3n) is 3.66. The molecule has 0 radical (unpaired) electrons. The minimum Gasteiger partial charge on any atom is -0.491 e. The second kappa shape index (κ2) is 3.49. The Morgan fingerprint density at radius 3 is 3.00 bits per heavy atom. The van der Waals surface area contributed by atoms with Crippen LogP contribution in [0.25, 0.3) is 0 Å². The van der Waals surface area contributed by atoms with Crippen molar-refractivity contribution in [3.8, 4) is 5.75 Å². The molecular formula is C14H18O2. The van der Waals surface area contributed by atoms with Gasteiger partial charge in [0.2, 0.25) is 0 Å². The van der Waals surface area contributed by atoms with Crippen LogP contribution < -0.4 is 4.74 Å². The molecule has 2 nitrogen and oxygen atoms in total. The van der Waals surface area contributed by atoms with Crippen LogP contribution in [-0.2, 0) is 16.6 Å². The lowest BCUT2D eigenvalue weighted by Crippen LogP contribution is -2.11. The zero-order valence-electron chi connectivity index (χ0n) is 9.95. The predicted octanol–water partition coefficient (Wildman–Crippen LogP) is 2.69. The third-order valence-corrected chi connectivity index (χ3v) is 3.66. The number of hydrogen-bond acceptors (Lipinski definition) is 2. The number of benzene rings is 1. The number of aryl methyl sites for hydroxylation is 1. The smallest absolute Gasteiger partial charge is 0.119 e. The zero-order chi connectivity index (χ0) is 11.2. The summed E-state index contributed by atoms with van der Waals surface area (Å²) in [5, 5.41) is 0. The number of fused-ring (bicyclic) bond motifs is 1. The van der Waals surface area contributed by atoms with Crippen LogP contribution in [-0.4, -0.2) is 19.3 Å². The summed E-state index contributed by atoms with van der Waals surface area (Å²) in [5.41, 5.74) is 3.29. The van der Waals surface area contributed by atoms with Crippen molar-refractivity contribution in [2.75, 3.05) is 13.2 Å². The second-order valence-corrected chi connectivity index (χ2v) is 5.47. The van der Waals surface area contributed by atoms with E-state index in [1.54, 1.807) is 0 Å². The highest BCUT2D eigenvalue weighted by molar-refractivity contribution is 5.43. The Labute approximate surface area is 96.6 Å². The van der Waals surface area contributed by atoms with Gasteiger partial charge in [-0.1, -0.05) is 19.9 Å². The van der Waals surface area contributed by atoms with Crippen LogP contribution in [0.15, 0.2) is 18.2 Å². The molecule has 16 heavy (non-hydrogen) atoms. The van der Waals surface area contributed by atoms with Gasteiger partial charge in [0, 0.05) is 0 Å². The Morgan fingerprint density at radius 2 is 2.25 bits per heavy atom. The van der Waals surface area contributed by atoms with Gasteiger partial charge in [-0.25, -0.2) is 0 Å². The van der Waals surface area contributed by atoms with Crippen molar-refractivity contribution in [1.29, 1.82) is 0 Å². The molecule has 0 aromatic heterocycles. The van der Waals surface area contributed by atoms with Crippen LogP contribution in [0.1, 0.15) is 31.4 Å². The maximum Gasteiger partial charge on any atom is 0.119 e. The second-order valence-electron chi connectivity index (χ2n) is 5.47. The lowest BCUT2D eigenvalue weighted by atomic mass is 9.87. The van der Waals surface area contributed by atoms with E-state index in [1.807, 2.05) is 0 Å². The van der Waals surface area contributed by atoms with Crippen LogP contribution in [0.4, 0.5) is 0 Å². The summed E-state index contributed by atoms with van der Waals surface area (Å²) in [5.74, 6) is 0.993. The molecule has 1 fully saturated rings. The van der Waals surface area contributed by atoms with E-state index in [9.17, 15) is 0 Å². The minimum atomic E-state index is 0.338. The lowest BCUT2D eigenvalue weighted by Gasteiger charge is -2.18. The molecular weight excluding hydrogens is 200 g/mol. The number of ether oxygens (including phenoxy) is 2. The molecule has 0 amide bonds. The molecule has 1 atom stereocenters. The van der Waals surface area contributed by atoms with Gasteiger partial charge in [0.15, 0.2) is 0 Å². The zero-order valence-corrected chi connectivity index (χ0v) is 9.95. The average Bonchev–Trinajstić information content (AvgIpc) is 3.03. The first kappa shape index (κ1) is 10.2. The maximum absolute atomic E-state index is 5.70. The molecule has 2 heteroatoms. The van der Waals surface area contributed by atoms with E-state index in [2.05, 4.69) is 32.0 Å². The van der Waals surface area contributed by atoms with Gasteiger partial charge < -0.3 is 9.47 Å². The Morgan fingerprint density at radius 1 is 1.44 bits per heavy atom. The van der Waals surface area contributed by atoms with Crippen molar-refractivity contribution in [2.45, 2.75) is 38.2 Å². The average molecular weight is 218 g/mol. The number of rotatable bonds is 3. The summed E-state index contributed by atoms with van der Waals surface area (Å²) in [6.07, 6.45) is 2.77. The first-order valence-electron chi connectivity index (χ1n) is 6.03. The highest BCUT2D eigenvalue weighted by atomic mass is 16.6. The van der Waals surface area contributed by atoms with E-state index in [4.69, 9.17) is 9.47 Å². The van der Waals surface area contributed by atoms with Crippen molar-refractivity contribution in [3.63, 3.8) is 0 Å². The predicted molar refractivity (Wildman–Crippen MR) is 63.0 cm³/mol. The number of epoxide rings is 1. The summed E-state index contributed by atoms with van der Waals surface area (Å²) in [6, 6.07) is 6.52. The molecule has 86 valence electrons. The molecule has 1 aliphatic carbocycles. The molecule has 1 aromatic carbocycles. The highest BCUT2D eigenvalue weighted by Crippen LogP contribution is 2.39. The first-order valence-corrected chi connectivity index (χ1v) is 6.03. The highest BCUT2D eigenvalue weighted by Gasteiger charge is 2.30. The Kier molecular flexibility index (Phi) is 2.21. The van der Waals surface area contributed by atoms with Crippen molar-refractivity contribution < 1.29 is 9.47 Å². The fourth-order valence-electron chi connectivity index (χ4n) is 2.46. The monoisotopic (exact) mass is 218 g/mol. The maximum atomic E-state index is 5.70. The van der Waals surface area contributed by atoms with Gasteiger partial charge in [0.25, 0.3) is 0 Å². The molecule has 3 rings (SSSR count). The molecule has 0 saturated carbocycles.